The van der Waals surface area contributed by atoms with Crippen LogP contribution in [0.25, 0.3) is 11.3 Å². The van der Waals surface area contributed by atoms with Crippen molar-refractivity contribution in [3.63, 3.8) is 0 Å². The van der Waals surface area contributed by atoms with Crippen LogP contribution in [-0.4, -0.2) is 14.9 Å². The molecule has 0 unspecified atom stereocenters. The molecule has 0 bridgehead atoms. The fourth-order valence-electron chi connectivity index (χ4n) is 1.99. The van der Waals surface area contributed by atoms with Gasteiger partial charge < -0.3 is 4.74 Å². The van der Waals surface area contributed by atoms with Crippen LogP contribution in [0.1, 0.15) is 5.01 Å². The molecule has 0 fully saturated rings. The average molecular weight is 382 g/mol. The molecule has 2 heterocycles. The van der Waals surface area contributed by atoms with E-state index in [9.17, 15) is 10.1 Å². The summed E-state index contributed by atoms with van der Waals surface area (Å²) in [5.41, 5.74) is 1.25. The van der Waals surface area contributed by atoms with Gasteiger partial charge in [0.05, 0.1) is 10.6 Å². The molecule has 0 amide bonds. The van der Waals surface area contributed by atoms with Gasteiger partial charge in [-0.05, 0) is 6.07 Å². The number of ether oxygens (including phenoxy) is 1. The number of nitrogens with zero attached hydrogens (tertiary/aromatic N) is 3. The van der Waals surface area contributed by atoms with Crippen LogP contribution < -0.4 is 4.74 Å². The molecule has 0 spiro atoms. The highest BCUT2D eigenvalue weighted by Crippen LogP contribution is 2.34. The minimum atomic E-state index is -0.592. The Labute approximate surface area is 150 Å². The van der Waals surface area contributed by atoms with Crippen molar-refractivity contribution >= 4 is 40.2 Å². The first-order valence-electron chi connectivity index (χ1n) is 6.66. The van der Waals surface area contributed by atoms with Crippen molar-refractivity contribution in [2.24, 2.45) is 0 Å². The lowest BCUT2D eigenvalue weighted by molar-refractivity contribution is -0.386. The molecule has 122 valence electrons. The lowest BCUT2D eigenvalue weighted by atomic mass is 10.2. The Morgan fingerprint density at radius 1 is 1.21 bits per heavy atom. The quantitative estimate of drug-likeness (QED) is 0.458. The SMILES string of the molecule is O=[N+]([O-])c1cncc(Cl)c1OCc1nc(-c2ccccc2Cl)cs1. The Morgan fingerprint density at radius 2 is 2.00 bits per heavy atom. The van der Waals surface area contributed by atoms with Gasteiger partial charge in [0.2, 0.25) is 5.75 Å². The molecule has 0 N–H and O–H groups in total. The summed E-state index contributed by atoms with van der Waals surface area (Å²) in [5, 5.41) is 14.2. The number of nitro groups is 1. The zero-order valence-electron chi connectivity index (χ0n) is 12.0. The van der Waals surface area contributed by atoms with E-state index in [-0.39, 0.29) is 23.1 Å². The van der Waals surface area contributed by atoms with Crippen LogP contribution in [-0.2, 0) is 6.61 Å². The zero-order valence-corrected chi connectivity index (χ0v) is 14.3. The monoisotopic (exact) mass is 381 g/mol. The van der Waals surface area contributed by atoms with E-state index < -0.39 is 4.92 Å². The van der Waals surface area contributed by atoms with E-state index in [0.717, 1.165) is 17.5 Å². The number of halogens is 2. The molecule has 3 aromatic rings. The molecule has 1 aromatic carbocycles. The maximum absolute atomic E-state index is 11.0. The molecule has 0 radical (unpaired) electrons. The summed E-state index contributed by atoms with van der Waals surface area (Å²) in [6.07, 6.45) is 2.39. The van der Waals surface area contributed by atoms with Gasteiger partial charge in [0.1, 0.15) is 22.8 Å². The topological polar surface area (TPSA) is 78.2 Å². The number of thiazole rings is 1. The number of rotatable bonds is 5. The summed E-state index contributed by atoms with van der Waals surface area (Å²) in [6, 6.07) is 7.36. The summed E-state index contributed by atoms with van der Waals surface area (Å²) in [5.74, 6) is -0.0221. The van der Waals surface area contributed by atoms with E-state index in [1.807, 2.05) is 23.6 Å². The lowest BCUT2D eigenvalue weighted by Gasteiger charge is -2.06. The normalized spacial score (nSPS) is 10.6. The number of pyridine rings is 1. The second kappa shape index (κ2) is 7.12. The maximum atomic E-state index is 11.0. The van der Waals surface area contributed by atoms with Gasteiger partial charge in [-0.15, -0.1) is 11.3 Å². The molecule has 0 saturated carbocycles. The predicted octanol–water partition coefficient (Wildman–Crippen LogP) is 5.00. The molecule has 2 aromatic heterocycles. The molecule has 24 heavy (non-hydrogen) atoms. The second-order valence-electron chi connectivity index (χ2n) is 4.62. The standard InChI is InChI=1S/C15H9Cl2N3O3S/c16-10-4-2-1-3-9(10)12-8-24-14(19-12)7-23-15-11(17)5-18-6-13(15)20(21)22/h1-6,8H,7H2. The summed E-state index contributed by atoms with van der Waals surface area (Å²) in [4.78, 5) is 18.6. The number of benzene rings is 1. The van der Waals surface area contributed by atoms with E-state index >= 15 is 0 Å². The molecule has 0 aliphatic rings. The lowest BCUT2D eigenvalue weighted by Crippen LogP contribution is -2.00. The van der Waals surface area contributed by atoms with Gasteiger partial charge in [0, 0.05) is 22.2 Å². The molecule has 9 heteroatoms. The highest BCUT2D eigenvalue weighted by atomic mass is 35.5. The van der Waals surface area contributed by atoms with Gasteiger partial charge in [0.25, 0.3) is 0 Å². The Balaban J connectivity index is 1.80. The van der Waals surface area contributed by atoms with Crippen molar-refractivity contribution < 1.29 is 9.66 Å². The fourth-order valence-corrected chi connectivity index (χ4v) is 3.14. The third kappa shape index (κ3) is 3.48. The van der Waals surface area contributed by atoms with Crippen molar-refractivity contribution in [2.45, 2.75) is 6.61 Å². The summed E-state index contributed by atoms with van der Waals surface area (Å²) in [6.45, 7) is 0.0553. The largest absolute Gasteiger partial charge is 0.478 e. The van der Waals surface area contributed by atoms with Gasteiger partial charge in [-0.3, -0.25) is 15.1 Å². The Bertz CT molecular complexity index is 901. The van der Waals surface area contributed by atoms with Crippen molar-refractivity contribution in [3.8, 4) is 17.0 Å². The Morgan fingerprint density at radius 3 is 2.75 bits per heavy atom. The molecule has 6 nitrogen and oxygen atoms in total. The summed E-state index contributed by atoms with van der Waals surface area (Å²) in [7, 11) is 0. The first kappa shape index (κ1) is 16.6. The summed E-state index contributed by atoms with van der Waals surface area (Å²) < 4.78 is 5.50. The predicted molar refractivity (Wildman–Crippen MR) is 92.8 cm³/mol. The van der Waals surface area contributed by atoms with Crippen LogP contribution in [0, 0.1) is 10.1 Å². The van der Waals surface area contributed by atoms with Gasteiger partial charge in [-0.1, -0.05) is 41.4 Å². The second-order valence-corrected chi connectivity index (χ2v) is 6.38. The average Bonchev–Trinajstić information content (AvgIpc) is 3.02. The number of hydrogen-bond acceptors (Lipinski definition) is 6. The van der Waals surface area contributed by atoms with Crippen LogP contribution in [0.3, 0.4) is 0 Å². The van der Waals surface area contributed by atoms with Crippen LogP contribution in [0.5, 0.6) is 5.75 Å². The molecule has 3 rings (SSSR count). The minimum Gasteiger partial charge on any atom is -0.478 e. The molecular weight excluding hydrogens is 373 g/mol. The van der Waals surface area contributed by atoms with Crippen molar-refractivity contribution in [3.05, 3.63) is 67.2 Å². The number of hydrogen-bond donors (Lipinski definition) is 0. The van der Waals surface area contributed by atoms with E-state index in [2.05, 4.69) is 9.97 Å². The van der Waals surface area contributed by atoms with Gasteiger partial charge in [-0.2, -0.15) is 0 Å². The van der Waals surface area contributed by atoms with E-state index in [1.165, 1.54) is 17.5 Å². The van der Waals surface area contributed by atoms with Crippen LogP contribution in [0.4, 0.5) is 5.69 Å². The van der Waals surface area contributed by atoms with E-state index in [1.54, 1.807) is 6.07 Å². The van der Waals surface area contributed by atoms with E-state index in [4.69, 9.17) is 27.9 Å². The molecule has 0 saturated heterocycles. The smallest absolute Gasteiger partial charge is 0.330 e. The third-order valence-corrected chi connectivity index (χ3v) is 4.49. The molecule has 0 aliphatic heterocycles. The first-order valence-corrected chi connectivity index (χ1v) is 8.30. The highest BCUT2D eigenvalue weighted by molar-refractivity contribution is 7.09. The van der Waals surface area contributed by atoms with E-state index in [0.29, 0.717) is 10.0 Å². The molecular formula is C15H9Cl2N3O3S. The zero-order chi connectivity index (χ0) is 17.1. The van der Waals surface area contributed by atoms with Crippen LogP contribution >= 0.6 is 34.5 Å². The molecule has 0 aliphatic carbocycles. The highest BCUT2D eigenvalue weighted by Gasteiger charge is 2.20. The van der Waals surface area contributed by atoms with Crippen LogP contribution in [0.15, 0.2) is 42.0 Å². The molecule has 0 atom stereocenters. The van der Waals surface area contributed by atoms with Gasteiger partial charge >= 0.3 is 5.69 Å². The minimum absolute atomic E-state index is 0.0221. The van der Waals surface area contributed by atoms with Crippen molar-refractivity contribution in [1.82, 2.24) is 9.97 Å². The third-order valence-electron chi connectivity index (χ3n) is 3.07. The Hall–Kier alpha value is -2.22. The Kier molecular flexibility index (Phi) is 4.94. The van der Waals surface area contributed by atoms with Crippen LogP contribution in [0.2, 0.25) is 10.0 Å². The maximum Gasteiger partial charge on any atom is 0.330 e. The summed E-state index contributed by atoms with van der Waals surface area (Å²) >= 11 is 13.5. The van der Waals surface area contributed by atoms with Gasteiger partial charge in [-0.25, -0.2) is 4.98 Å². The van der Waals surface area contributed by atoms with Crippen molar-refractivity contribution in [2.75, 3.05) is 0 Å². The number of aromatic nitrogens is 2. The first-order chi connectivity index (χ1) is 11.6. The fraction of sp³-hybridized carbons (Fsp3) is 0.0667. The van der Waals surface area contributed by atoms with Gasteiger partial charge in [0.15, 0.2) is 0 Å². The van der Waals surface area contributed by atoms with Crippen molar-refractivity contribution in [1.29, 1.82) is 0 Å².